The summed E-state index contributed by atoms with van der Waals surface area (Å²) in [4.78, 5) is 11.6. The van der Waals surface area contributed by atoms with E-state index in [1.807, 2.05) is 6.07 Å². The molecule has 1 unspecified atom stereocenters. The lowest BCUT2D eigenvalue weighted by Gasteiger charge is -2.51. The van der Waals surface area contributed by atoms with Gasteiger partial charge in [0.15, 0.2) is 0 Å². The predicted octanol–water partition coefficient (Wildman–Crippen LogP) is 4.48. The second-order valence-corrected chi connectivity index (χ2v) is 8.43. The van der Waals surface area contributed by atoms with Gasteiger partial charge in [0.2, 0.25) is 0 Å². The molecule has 0 bridgehead atoms. The smallest absolute Gasteiger partial charge is 0.306 e. The predicted molar refractivity (Wildman–Crippen MR) is 97.4 cm³/mol. The number of phenols is 1. The first-order valence-corrected chi connectivity index (χ1v) is 9.38. The number of hydrogen-bond donors (Lipinski definition) is 2. The molecule has 0 heterocycles. The van der Waals surface area contributed by atoms with E-state index in [2.05, 4.69) is 27.7 Å². The molecule has 2 N–H and O–H groups in total. The molecule has 0 saturated heterocycles. The number of rotatable bonds is 3. The summed E-state index contributed by atoms with van der Waals surface area (Å²) < 4.78 is 5.77. The lowest BCUT2D eigenvalue weighted by Crippen LogP contribution is -2.48. The molecule has 1 saturated carbocycles. The fraction of sp³-hybridized carbons (Fsp3) is 0.667. The molecule has 0 aliphatic heterocycles. The summed E-state index contributed by atoms with van der Waals surface area (Å²) in [5, 5.41) is 20.4. The zero-order chi connectivity index (χ0) is 18.5. The summed E-state index contributed by atoms with van der Waals surface area (Å²) in [6, 6.07) is 1.86. The number of ether oxygens (including phenoxy) is 1. The molecule has 2 aliphatic rings. The fourth-order valence-electron chi connectivity index (χ4n) is 5.58. The van der Waals surface area contributed by atoms with E-state index in [1.54, 1.807) is 7.11 Å². The van der Waals surface area contributed by atoms with Gasteiger partial charge in [0.25, 0.3) is 0 Å². The van der Waals surface area contributed by atoms with Gasteiger partial charge in [-0.2, -0.15) is 0 Å². The van der Waals surface area contributed by atoms with Gasteiger partial charge in [0.05, 0.1) is 13.0 Å². The van der Waals surface area contributed by atoms with Gasteiger partial charge >= 0.3 is 5.97 Å². The van der Waals surface area contributed by atoms with Crippen LogP contribution in [0, 0.1) is 17.8 Å². The third-order valence-corrected chi connectivity index (χ3v) is 6.87. The summed E-state index contributed by atoms with van der Waals surface area (Å²) in [6.07, 6.45) is 3.25. The molecule has 0 spiro atoms. The van der Waals surface area contributed by atoms with Gasteiger partial charge in [-0.05, 0) is 54.9 Å². The van der Waals surface area contributed by atoms with Crippen LogP contribution in [0.1, 0.15) is 69.6 Å². The van der Waals surface area contributed by atoms with Crippen LogP contribution in [-0.2, 0) is 16.6 Å². The van der Waals surface area contributed by atoms with Crippen LogP contribution in [0.4, 0.5) is 0 Å². The molecule has 1 aromatic carbocycles. The van der Waals surface area contributed by atoms with Crippen LogP contribution in [0.15, 0.2) is 6.07 Å². The highest BCUT2D eigenvalue weighted by atomic mass is 16.5. The molecule has 4 heteroatoms. The first-order valence-electron chi connectivity index (χ1n) is 9.38. The molecule has 0 aromatic heterocycles. The standard InChI is InChI=1S/C21H30O4/c1-11(2)15-10-17(22)18-14(19(15)25-5)6-7-16-12(3)13(20(23)24)8-9-21(16,18)4/h10-13,16,22H,6-9H2,1-5H3,(H,23,24)/t12-,13-,16?,21-/m0/s1. The zero-order valence-electron chi connectivity index (χ0n) is 15.9. The third kappa shape index (κ3) is 2.61. The van der Waals surface area contributed by atoms with Gasteiger partial charge in [-0.3, -0.25) is 4.79 Å². The topological polar surface area (TPSA) is 66.8 Å². The second-order valence-electron chi connectivity index (χ2n) is 8.43. The Hall–Kier alpha value is -1.71. The normalized spacial score (nSPS) is 31.4. The number of benzene rings is 1. The fourth-order valence-corrected chi connectivity index (χ4v) is 5.58. The minimum Gasteiger partial charge on any atom is -0.508 e. The molecule has 3 rings (SSSR count). The SMILES string of the molecule is COc1c(C(C)C)cc(O)c2c1CCC1[C@@H](C)[C@@H](C(=O)O)CC[C@]21C. The summed E-state index contributed by atoms with van der Waals surface area (Å²) in [6.45, 7) is 8.50. The maximum absolute atomic E-state index is 11.6. The molecule has 0 amide bonds. The largest absolute Gasteiger partial charge is 0.508 e. The minimum atomic E-state index is -0.683. The summed E-state index contributed by atoms with van der Waals surface area (Å²) in [7, 11) is 1.71. The maximum atomic E-state index is 11.6. The number of carboxylic acid groups (broad SMARTS) is 1. The molecular weight excluding hydrogens is 316 g/mol. The van der Waals surface area contributed by atoms with Gasteiger partial charge < -0.3 is 14.9 Å². The van der Waals surface area contributed by atoms with E-state index in [4.69, 9.17) is 4.74 Å². The van der Waals surface area contributed by atoms with Crippen LogP contribution >= 0.6 is 0 Å². The second kappa shape index (κ2) is 6.22. The molecule has 25 heavy (non-hydrogen) atoms. The molecule has 4 nitrogen and oxygen atoms in total. The van der Waals surface area contributed by atoms with E-state index in [1.165, 1.54) is 0 Å². The zero-order valence-corrected chi connectivity index (χ0v) is 15.9. The van der Waals surface area contributed by atoms with Gasteiger partial charge in [-0.15, -0.1) is 0 Å². The van der Waals surface area contributed by atoms with Crippen molar-refractivity contribution in [2.24, 2.45) is 17.8 Å². The quantitative estimate of drug-likeness (QED) is 0.847. The van der Waals surface area contributed by atoms with Crippen molar-refractivity contribution in [3.63, 3.8) is 0 Å². The average molecular weight is 346 g/mol. The number of hydrogen-bond acceptors (Lipinski definition) is 3. The highest BCUT2D eigenvalue weighted by Gasteiger charge is 2.51. The van der Waals surface area contributed by atoms with Crippen molar-refractivity contribution < 1.29 is 19.7 Å². The number of aliphatic carboxylic acids is 1. The van der Waals surface area contributed by atoms with Gasteiger partial charge in [-0.1, -0.05) is 27.7 Å². The summed E-state index contributed by atoms with van der Waals surface area (Å²) in [5.74, 6) is 0.965. The van der Waals surface area contributed by atoms with E-state index >= 15 is 0 Å². The Balaban J connectivity index is 2.14. The molecule has 0 radical (unpaired) electrons. The summed E-state index contributed by atoms with van der Waals surface area (Å²) in [5.41, 5.74) is 2.99. The number of aromatic hydroxyl groups is 1. The van der Waals surface area contributed by atoms with Crippen LogP contribution in [0.2, 0.25) is 0 Å². The number of carboxylic acids is 1. The Bertz CT molecular complexity index is 694. The molecule has 2 aliphatic carbocycles. The van der Waals surface area contributed by atoms with Crippen molar-refractivity contribution in [3.05, 3.63) is 22.8 Å². The average Bonchev–Trinajstić information content (AvgIpc) is 2.53. The maximum Gasteiger partial charge on any atom is 0.306 e. The third-order valence-electron chi connectivity index (χ3n) is 6.87. The lowest BCUT2D eigenvalue weighted by atomic mass is 9.52. The van der Waals surface area contributed by atoms with Crippen molar-refractivity contribution in [2.75, 3.05) is 7.11 Å². The molecule has 1 aromatic rings. The summed E-state index contributed by atoms with van der Waals surface area (Å²) >= 11 is 0. The van der Waals surface area contributed by atoms with Gasteiger partial charge in [0.1, 0.15) is 11.5 Å². The highest BCUT2D eigenvalue weighted by Crippen LogP contribution is 2.58. The monoisotopic (exact) mass is 346 g/mol. The number of methoxy groups -OCH3 is 1. The van der Waals surface area contributed by atoms with E-state index in [-0.39, 0.29) is 29.1 Å². The van der Waals surface area contributed by atoms with Crippen molar-refractivity contribution in [3.8, 4) is 11.5 Å². The first-order chi connectivity index (χ1) is 11.7. The van der Waals surface area contributed by atoms with E-state index in [0.717, 1.165) is 41.7 Å². The van der Waals surface area contributed by atoms with Gasteiger partial charge in [-0.25, -0.2) is 0 Å². The molecule has 1 fully saturated rings. The Morgan fingerprint density at radius 2 is 2.04 bits per heavy atom. The van der Waals surface area contributed by atoms with E-state index in [0.29, 0.717) is 12.2 Å². The Morgan fingerprint density at radius 3 is 2.60 bits per heavy atom. The van der Waals surface area contributed by atoms with E-state index in [9.17, 15) is 15.0 Å². The van der Waals surface area contributed by atoms with Crippen LogP contribution in [0.25, 0.3) is 0 Å². The molecule has 138 valence electrons. The number of fused-ring (bicyclic) bond motifs is 3. The number of carbonyl (C=O) groups is 1. The Labute approximate surface area is 150 Å². The first kappa shape index (κ1) is 18.1. The van der Waals surface area contributed by atoms with Crippen molar-refractivity contribution in [1.82, 2.24) is 0 Å². The molecule has 4 atom stereocenters. The van der Waals surface area contributed by atoms with E-state index < -0.39 is 5.97 Å². The van der Waals surface area contributed by atoms with Crippen molar-refractivity contribution in [1.29, 1.82) is 0 Å². The minimum absolute atomic E-state index is 0.111. The van der Waals surface area contributed by atoms with Crippen molar-refractivity contribution >= 4 is 5.97 Å². The number of phenolic OH excluding ortho intramolecular Hbond substituents is 1. The van der Waals surface area contributed by atoms with Crippen LogP contribution < -0.4 is 4.74 Å². The molecular formula is C21H30O4. The van der Waals surface area contributed by atoms with Crippen LogP contribution in [0.5, 0.6) is 11.5 Å². The van der Waals surface area contributed by atoms with Gasteiger partial charge in [0, 0.05) is 16.7 Å². The van der Waals surface area contributed by atoms with Crippen molar-refractivity contribution in [2.45, 2.75) is 64.7 Å². The van der Waals surface area contributed by atoms with Crippen LogP contribution in [-0.4, -0.2) is 23.3 Å². The Kier molecular flexibility index (Phi) is 4.50. The highest BCUT2D eigenvalue weighted by molar-refractivity contribution is 5.71. The van der Waals surface area contributed by atoms with Crippen LogP contribution in [0.3, 0.4) is 0 Å². The lowest BCUT2D eigenvalue weighted by molar-refractivity contribution is -0.147. The Morgan fingerprint density at radius 1 is 1.36 bits per heavy atom.